The van der Waals surface area contributed by atoms with Crippen LogP contribution in [-0.4, -0.2) is 31.7 Å². The predicted octanol–water partition coefficient (Wildman–Crippen LogP) is 2.43. The molecule has 0 unspecified atom stereocenters. The van der Waals surface area contributed by atoms with Crippen LogP contribution in [0.15, 0.2) is 24.3 Å². The largest absolute Gasteiger partial charge is 0.299 e. The van der Waals surface area contributed by atoms with E-state index in [1.54, 1.807) is 13.8 Å². The number of nitrogens with zero attached hydrogens (tertiary/aromatic N) is 1. The Labute approximate surface area is 115 Å². The third-order valence-electron chi connectivity index (χ3n) is 3.48. The lowest BCUT2D eigenvalue weighted by Gasteiger charge is -2.19. The zero-order chi connectivity index (χ0) is 13.9. The Morgan fingerprint density at radius 2 is 1.84 bits per heavy atom. The SMILES string of the molecule is CC(C)S(=O)(=O)Nc1ccccc1CN1CCCC1. The highest BCUT2D eigenvalue weighted by molar-refractivity contribution is 7.93. The highest BCUT2D eigenvalue weighted by Gasteiger charge is 2.18. The van der Waals surface area contributed by atoms with E-state index < -0.39 is 15.3 Å². The Bertz CT molecular complexity index is 520. The second-order valence-electron chi connectivity index (χ2n) is 5.34. The van der Waals surface area contributed by atoms with Crippen molar-refractivity contribution in [2.24, 2.45) is 0 Å². The summed E-state index contributed by atoms with van der Waals surface area (Å²) < 4.78 is 26.6. The lowest BCUT2D eigenvalue weighted by molar-refractivity contribution is 0.332. The lowest BCUT2D eigenvalue weighted by atomic mass is 10.2. The standard InChI is InChI=1S/C14H22N2O2S/c1-12(2)19(17,18)15-14-8-4-3-7-13(14)11-16-9-5-6-10-16/h3-4,7-8,12,15H,5-6,9-11H2,1-2H3. The quantitative estimate of drug-likeness (QED) is 0.902. The zero-order valence-corrected chi connectivity index (χ0v) is 12.4. The maximum absolute atomic E-state index is 12.0. The molecular weight excluding hydrogens is 260 g/mol. The summed E-state index contributed by atoms with van der Waals surface area (Å²) in [4.78, 5) is 2.36. The minimum Gasteiger partial charge on any atom is -0.299 e. The minimum absolute atomic E-state index is 0.424. The van der Waals surface area contributed by atoms with E-state index in [2.05, 4.69) is 9.62 Å². The second kappa shape index (κ2) is 5.92. The summed E-state index contributed by atoms with van der Waals surface area (Å²) >= 11 is 0. The van der Waals surface area contributed by atoms with E-state index in [1.807, 2.05) is 24.3 Å². The van der Waals surface area contributed by atoms with Crippen molar-refractivity contribution in [3.8, 4) is 0 Å². The average Bonchev–Trinajstić information content (AvgIpc) is 2.84. The molecule has 1 fully saturated rings. The fourth-order valence-electron chi connectivity index (χ4n) is 2.21. The molecule has 0 atom stereocenters. The molecule has 1 aromatic carbocycles. The maximum Gasteiger partial charge on any atom is 0.235 e. The van der Waals surface area contributed by atoms with Crippen molar-refractivity contribution in [3.05, 3.63) is 29.8 Å². The minimum atomic E-state index is -3.28. The summed E-state index contributed by atoms with van der Waals surface area (Å²) in [5, 5.41) is -0.424. The van der Waals surface area contributed by atoms with Gasteiger partial charge in [0.15, 0.2) is 0 Å². The molecule has 0 bridgehead atoms. The van der Waals surface area contributed by atoms with Gasteiger partial charge in [0.25, 0.3) is 0 Å². The topological polar surface area (TPSA) is 49.4 Å². The van der Waals surface area contributed by atoms with Crippen LogP contribution >= 0.6 is 0 Å². The first-order valence-corrected chi connectivity index (χ1v) is 8.35. The Balaban J connectivity index is 2.16. The number of hydrogen-bond acceptors (Lipinski definition) is 3. The fraction of sp³-hybridized carbons (Fsp3) is 0.571. The van der Waals surface area contributed by atoms with E-state index in [1.165, 1.54) is 12.8 Å². The number of sulfonamides is 1. The van der Waals surface area contributed by atoms with Crippen molar-refractivity contribution in [1.29, 1.82) is 0 Å². The molecule has 5 heteroatoms. The summed E-state index contributed by atoms with van der Waals surface area (Å²) in [6.07, 6.45) is 2.47. The highest BCUT2D eigenvalue weighted by Crippen LogP contribution is 2.21. The molecule has 2 rings (SSSR count). The maximum atomic E-state index is 12.0. The lowest BCUT2D eigenvalue weighted by Crippen LogP contribution is -2.24. The van der Waals surface area contributed by atoms with Gasteiger partial charge in [0.2, 0.25) is 10.0 Å². The van der Waals surface area contributed by atoms with E-state index >= 15 is 0 Å². The van der Waals surface area contributed by atoms with Crippen LogP contribution in [-0.2, 0) is 16.6 Å². The number of likely N-dealkylation sites (tertiary alicyclic amines) is 1. The van der Waals surface area contributed by atoms with Crippen molar-refractivity contribution in [1.82, 2.24) is 4.90 Å². The summed E-state index contributed by atoms with van der Waals surface area (Å²) in [7, 11) is -3.28. The zero-order valence-electron chi connectivity index (χ0n) is 11.6. The molecule has 1 heterocycles. The predicted molar refractivity (Wildman–Crippen MR) is 78.6 cm³/mol. The summed E-state index contributed by atoms with van der Waals surface area (Å²) in [5.74, 6) is 0. The molecule has 0 aromatic heterocycles. The molecule has 19 heavy (non-hydrogen) atoms. The van der Waals surface area contributed by atoms with Gasteiger partial charge in [0, 0.05) is 6.54 Å². The van der Waals surface area contributed by atoms with Gasteiger partial charge in [-0.15, -0.1) is 0 Å². The van der Waals surface area contributed by atoms with Gasteiger partial charge in [-0.2, -0.15) is 0 Å². The van der Waals surface area contributed by atoms with Gasteiger partial charge in [-0.25, -0.2) is 8.42 Å². The third-order valence-corrected chi connectivity index (χ3v) is 5.23. The molecular formula is C14H22N2O2S. The van der Waals surface area contributed by atoms with Crippen LogP contribution in [0.25, 0.3) is 0 Å². The van der Waals surface area contributed by atoms with E-state index in [-0.39, 0.29) is 0 Å². The van der Waals surface area contributed by atoms with E-state index in [4.69, 9.17) is 0 Å². The Hall–Kier alpha value is -1.07. The van der Waals surface area contributed by atoms with E-state index in [0.717, 1.165) is 25.2 Å². The molecule has 0 amide bonds. The molecule has 4 nitrogen and oxygen atoms in total. The van der Waals surface area contributed by atoms with Gasteiger partial charge in [0.1, 0.15) is 0 Å². The van der Waals surface area contributed by atoms with Crippen molar-refractivity contribution in [2.45, 2.75) is 38.5 Å². The first kappa shape index (κ1) is 14.3. The number of rotatable bonds is 5. The van der Waals surface area contributed by atoms with Gasteiger partial charge in [0.05, 0.1) is 10.9 Å². The molecule has 1 saturated heterocycles. The molecule has 0 spiro atoms. The van der Waals surface area contributed by atoms with Crippen LogP contribution in [0.2, 0.25) is 0 Å². The van der Waals surface area contributed by atoms with Gasteiger partial charge in [-0.3, -0.25) is 9.62 Å². The van der Waals surface area contributed by atoms with Crippen molar-refractivity contribution in [3.63, 3.8) is 0 Å². The second-order valence-corrected chi connectivity index (χ2v) is 7.57. The van der Waals surface area contributed by atoms with E-state index in [0.29, 0.717) is 5.69 Å². The summed E-state index contributed by atoms with van der Waals surface area (Å²) in [5.41, 5.74) is 1.76. The van der Waals surface area contributed by atoms with Gasteiger partial charge < -0.3 is 0 Å². The van der Waals surface area contributed by atoms with Crippen LogP contribution in [0, 0.1) is 0 Å². The number of benzene rings is 1. The molecule has 0 aliphatic carbocycles. The molecule has 1 aliphatic heterocycles. The summed E-state index contributed by atoms with van der Waals surface area (Å²) in [6.45, 7) is 6.39. The van der Waals surface area contributed by atoms with Crippen LogP contribution < -0.4 is 4.72 Å². The smallest absolute Gasteiger partial charge is 0.235 e. The number of anilines is 1. The van der Waals surface area contributed by atoms with Crippen LogP contribution in [0.4, 0.5) is 5.69 Å². The monoisotopic (exact) mass is 282 g/mol. The average molecular weight is 282 g/mol. The van der Waals surface area contributed by atoms with Crippen molar-refractivity contribution >= 4 is 15.7 Å². The first-order chi connectivity index (χ1) is 8.99. The third kappa shape index (κ3) is 3.70. The number of nitrogens with one attached hydrogen (secondary N) is 1. The molecule has 1 aliphatic rings. The Morgan fingerprint density at radius 1 is 1.21 bits per heavy atom. The van der Waals surface area contributed by atoms with Crippen molar-refractivity contribution in [2.75, 3.05) is 17.8 Å². The van der Waals surface area contributed by atoms with E-state index in [9.17, 15) is 8.42 Å². The molecule has 0 radical (unpaired) electrons. The summed E-state index contributed by atoms with van der Waals surface area (Å²) in [6, 6.07) is 7.66. The van der Waals surface area contributed by atoms with Crippen LogP contribution in [0.3, 0.4) is 0 Å². The molecule has 1 N–H and O–H groups in total. The number of para-hydroxylation sites is 1. The van der Waals surface area contributed by atoms with Gasteiger partial charge in [-0.05, 0) is 51.4 Å². The Morgan fingerprint density at radius 3 is 2.47 bits per heavy atom. The molecule has 0 saturated carbocycles. The normalized spacial score (nSPS) is 17.0. The molecule has 106 valence electrons. The first-order valence-electron chi connectivity index (χ1n) is 6.81. The van der Waals surface area contributed by atoms with Gasteiger partial charge >= 0.3 is 0 Å². The molecule has 1 aromatic rings. The highest BCUT2D eigenvalue weighted by atomic mass is 32.2. The fourth-order valence-corrected chi connectivity index (χ4v) is 2.95. The Kier molecular flexibility index (Phi) is 4.47. The van der Waals surface area contributed by atoms with Crippen molar-refractivity contribution < 1.29 is 8.42 Å². The van der Waals surface area contributed by atoms with Crippen LogP contribution in [0.5, 0.6) is 0 Å². The van der Waals surface area contributed by atoms with Crippen LogP contribution in [0.1, 0.15) is 32.3 Å². The van der Waals surface area contributed by atoms with Gasteiger partial charge in [-0.1, -0.05) is 18.2 Å². The number of hydrogen-bond donors (Lipinski definition) is 1.